The van der Waals surface area contributed by atoms with Gasteiger partial charge in [0.25, 0.3) is 0 Å². The normalized spacial score (nSPS) is 11.8. The third kappa shape index (κ3) is 3.71. The number of aromatic nitrogens is 1. The third-order valence-electron chi connectivity index (χ3n) is 3.21. The zero-order valence-corrected chi connectivity index (χ0v) is 13.5. The molecule has 0 unspecified atom stereocenters. The lowest BCUT2D eigenvalue weighted by atomic mass is 10.1. The molecule has 5 nitrogen and oxygen atoms in total. The van der Waals surface area contributed by atoms with E-state index in [9.17, 15) is 8.42 Å². The van der Waals surface area contributed by atoms with Crippen molar-refractivity contribution in [1.82, 2.24) is 9.88 Å². The van der Waals surface area contributed by atoms with Gasteiger partial charge >= 0.3 is 0 Å². The Morgan fingerprint density at radius 2 is 1.71 bits per heavy atom. The highest BCUT2D eigenvalue weighted by Gasteiger charge is 2.19. The minimum absolute atomic E-state index is 0.281. The minimum atomic E-state index is -3.51. The Morgan fingerprint density at radius 3 is 2.24 bits per heavy atom. The molecule has 1 N–H and O–H groups in total. The van der Waals surface area contributed by atoms with Crippen molar-refractivity contribution in [2.24, 2.45) is 0 Å². The standard InChI is InChI=1S/C15H20N2O3S/c1-10-7-11(2)15(12(3)8-10)21(18,19)16-6-5-14-9-13(4)17-20-14/h7-9,16H,5-6H2,1-4H3. The molecule has 0 aliphatic heterocycles. The molecule has 0 radical (unpaired) electrons. The van der Waals surface area contributed by atoms with Crippen LogP contribution in [-0.4, -0.2) is 20.1 Å². The van der Waals surface area contributed by atoms with E-state index in [0.29, 0.717) is 17.1 Å². The molecular weight excluding hydrogens is 288 g/mol. The van der Waals surface area contributed by atoms with Gasteiger partial charge in [0, 0.05) is 19.0 Å². The van der Waals surface area contributed by atoms with E-state index in [-0.39, 0.29) is 6.54 Å². The van der Waals surface area contributed by atoms with Crippen molar-refractivity contribution in [1.29, 1.82) is 0 Å². The second-order valence-corrected chi connectivity index (χ2v) is 7.01. The molecule has 0 amide bonds. The number of nitrogens with zero attached hydrogens (tertiary/aromatic N) is 1. The third-order valence-corrected chi connectivity index (χ3v) is 4.98. The summed E-state index contributed by atoms with van der Waals surface area (Å²) in [5, 5.41) is 3.78. The second-order valence-electron chi connectivity index (χ2n) is 5.31. The first-order chi connectivity index (χ1) is 9.79. The van der Waals surface area contributed by atoms with Gasteiger partial charge in [-0.2, -0.15) is 0 Å². The van der Waals surface area contributed by atoms with Gasteiger partial charge in [0.15, 0.2) is 0 Å². The SMILES string of the molecule is Cc1cc(C)c(S(=O)(=O)NCCc2cc(C)no2)c(C)c1. The van der Waals surface area contributed by atoms with Crippen LogP contribution in [0.2, 0.25) is 0 Å². The molecule has 2 rings (SSSR count). The van der Waals surface area contributed by atoms with Gasteiger partial charge in [-0.3, -0.25) is 0 Å². The van der Waals surface area contributed by atoms with Crippen LogP contribution >= 0.6 is 0 Å². The summed E-state index contributed by atoms with van der Waals surface area (Å²) in [7, 11) is -3.51. The second kappa shape index (κ2) is 5.99. The molecular formula is C15H20N2O3S. The first-order valence-electron chi connectivity index (χ1n) is 6.79. The molecule has 0 saturated heterocycles. The fourth-order valence-corrected chi connectivity index (χ4v) is 3.99. The molecule has 0 aliphatic rings. The number of aryl methyl sites for hydroxylation is 4. The number of benzene rings is 1. The highest BCUT2D eigenvalue weighted by Crippen LogP contribution is 2.21. The zero-order valence-electron chi connectivity index (χ0n) is 12.7. The van der Waals surface area contributed by atoms with E-state index in [1.54, 1.807) is 6.07 Å². The van der Waals surface area contributed by atoms with E-state index >= 15 is 0 Å². The summed E-state index contributed by atoms with van der Waals surface area (Å²) in [6.45, 7) is 7.69. The molecule has 21 heavy (non-hydrogen) atoms. The smallest absolute Gasteiger partial charge is 0.241 e. The molecule has 2 aromatic rings. The topological polar surface area (TPSA) is 72.2 Å². The molecule has 1 aromatic carbocycles. The minimum Gasteiger partial charge on any atom is -0.361 e. The lowest BCUT2D eigenvalue weighted by molar-refractivity contribution is 0.379. The number of hydrogen-bond donors (Lipinski definition) is 1. The number of nitrogens with one attached hydrogen (secondary N) is 1. The van der Waals surface area contributed by atoms with Crippen LogP contribution in [0.3, 0.4) is 0 Å². The Morgan fingerprint density at radius 1 is 1.10 bits per heavy atom. The summed E-state index contributed by atoms with van der Waals surface area (Å²) < 4.78 is 32.5. The molecule has 0 bridgehead atoms. The fourth-order valence-electron chi connectivity index (χ4n) is 2.51. The predicted molar refractivity (Wildman–Crippen MR) is 80.8 cm³/mol. The average molecular weight is 308 g/mol. The lowest BCUT2D eigenvalue weighted by Gasteiger charge is -2.12. The maximum Gasteiger partial charge on any atom is 0.241 e. The lowest BCUT2D eigenvalue weighted by Crippen LogP contribution is -2.27. The Balaban J connectivity index is 2.12. The van der Waals surface area contributed by atoms with Gasteiger partial charge in [-0.05, 0) is 38.8 Å². The van der Waals surface area contributed by atoms with Crippen LogP contribution in [-0.2, 0) is 16.4 Å². The Labute approximate surface area is 125 Å². The molecule has 0 saturated carbocycles. The molecule has 0 atom stereocenters. The highest BCUT2D eigenvalue weighted by molar-refractivity contribution is 7.89. The Hall–Kier alpha value is -1.66. The maximum atomic E-state index is 12.4. The van der Waals surface area contributed by atoms with Crippen LogP contribution in [0.4, 0.5) is 0 Å². The van der Waals surface area contributed by atoms with Gasteiger partial charge in [-0.1, -0.05) is 22.9 Å². The molecule has 1 aromatic heterocycles. The van der Waals surface area contributed by atoms with Crippen LogP contribution in [0.1, 0.15) is 28.1 Å². The van der Waals surface area contributed by atoms with Gasteiger partial charge in [0.1, 0.15) is 5.76 Å². The van der Waals surface area contributed by atoms with Crippen molar-refractivity contribution < 1.29 is 12.9 Å². The van der Waals surface area contributed by atoms with Crippen LogP contribution < -0.4 is 4.72 Å². The van der Waals surface area contributed by atoms with Gasteiger partial charge < -0.3 is 4.52 Å². The van der Waals surface area contributed by atoms with E-state index in [0.717, 1.165) is 22.4 Å². The van der Waals surface area contributed by atoms with Crippen LogP contribution in [0.15, 0.2) is 27.6 Å². The summed E-state index contributed by atoms with van der Waals surface area (Å²) >= 11 is 0. The fraction of sp³-hybridized carbons (Fsp3) is 0.400. The highest BCUT2D eigenvalue weighted by atomic mass is 32.2. The van der Waals surface area contributed by atoms with Gasteiger partial charge in [0.2, 0.25) is 10.0 Å². The van der Waals surface area contributed by atoms with Crippen molar-refractivity contribution in [3.63, 3.8) is 0 Å². The quantitative estimate of drug-likeness (QED) is 0.921. The van der Waals surface area contributed by atoms with Gasteiger partial charge in [0.05, 0.1) is 10.6 Å². The summed E-state index contributed by atoms with van der Waals surface area (Å²) in [6.07, 6.45) is 0.476. The van der Waals surface area contributed by atoms with Crippen LogP contribution in [0, 0.1) is 27.7 Å². The number of sulfonamides is 1. The van der Waals surface area contributed by atoms with Gasteiger partial charge in [-0.25, -0.2) is 13.1 Å². The predicted octanol–water partition coefficient (Wildman–Crippen LogP) is 2.43. The van der Waals surface area contributed by atoms with E-state index < -0.39 is 10.0 Å². The zero-order chi connectivity index (χ0) is 15.6. The number of hydrogen-bond acceptors (Lipinski definition) is 4. The van der Waals surface area contributed by atoms with Gasteiger partial charge in [-0.15, -0.1) is 0 Å². The molecule has 0 fully saturated rings. The first kappa shape index (κ1) is 15.7. The van der Waals surface area contributed by atoms with E-state index in [2.05, 4.69) is 9.88 Å². The summed E-state index contributed by atoms with van der Waals surface area (Å²) in [6, 6.07) is 5.55. The Bertz CT molecular complexity index is 725. The molecule has 0 spiro atoms. The Kier molecular flexibility index (Phi) is 4.49. The summed E-state index contributed by atoms with van der Waals surface area (Å²) in [4.78, 5) is 0.363. The van der Waals surface area contributed by atoms with Crippen molar-refractivity contribution in [2.75, 3.05) is 6.54 Å². The van der Waals surface area contributed by atoms with Crippen molar-refractivity contribution >= 4 is 10.0 Å². The monoisotopic (exact) mass is 308 g/mol. The van der Waals surface area contributed by atoms with Crippen molar-refractivity contribution in [3.05, 3.63) is 46.3 Å². The van der Waals surface area contributed by atoms with E-state index in [4.69, 9.17) is 4.52 Å². The number of rotatable bonds is 5. The van der Waals surface area contributed by atoms with E-state index in [1.807, 2.05) is 39.8 Å². The molecule has 114 valence electrons. The maximum absolute atomic E-state index is 12.4. The van der Waals surface area contributed by atoms with Crippen molar-refractivity contribution in [2.45, 2.75) is 39.0 Å². The van der Waals surface area contributed by atoms with Crippen LogP contribution in [0.25, 0.3) is 0 Å². The molecule has 1 heterocycles. The largest absolute Gasteiger partial charge is 0.361 e. The molecule has 6 heteroatoms. The summed E-state index contributed by atoms with van der Waals surface area (Å²) in [5.41, 5.74) is 3.37. The summed E-state index contributed by atoms with van der Waals surface area (Å²) in [5.74, 6) is 0.674. The average Bonchev–Trinajstić information content (AvgIpc) is 2.72. The van der Waals surface area contributed by atoms with Crippen molar-refractivity contribution in [3.8, 4) is 0 Å². The van der Waals surface area contributed by atoms with E-state index in [1.165, 1.54) is 0 Å². The van der Waals surface area contributed by atoms with Crippen LogP contribution in [0.5, 0.6) is 0 Å². The molecule has 0 aliphatic carbocycles. The first-order valence-corrected chi connectivity index (χ1v) is 8.27.